The lowest BCUT2D eigenvalue weighted by molar-refractivity contribution is 0.0322. The highest BCUT2D eigenvalue weighted by atomic mass is 35.5. The first-order valence-electron chi connectivity index (χ1n) is 35.4. The standard InChI is InChI=1S/C23H22ClFN6O2S.C21H20ClFN6S.C18H13ClFN5OS.C17H11ClFN5OS/c24-18-13-16(3-6-19(18)25)28-21-20-22(27-14-26-21)30-23(34-20)29-15-1-4-17(5-2-15)33-12-9-31-7-10-32-11-8-31;1-29(2)10-9-13-3-5-14(6-4-13)27-21-28-20-18(30-21)19(24-12-25-20)26-15-7-8-17(23)16(22)11-15;1-26-12-5-2-10(3-6-12)24-18-25-17-15(27-18)16(21-9-22-17)23-11-4-7-14(20)13(19)8-11;18-12-7-10(3-6-13(12)19)22-15-14-16(21-8-20-15)24-17(26-14)23-9-1-4-11(25)5-2-9/h1-6,13-14H,7-12H2,(H2,26,27,28,29,30);3-8,11-12H,9-10H2,1-2H3,(H2,24,25,26,27,28);2-9H,1H3,(H2,21,22,23,24,25);1-8,25H,(H2,20,21,22,23,24). The maximum atomic E-state index is 13.4. The number of benzene rings is 8. The van der Waals surface area contributed by atoms with E-state index in [-0.39, 0.29) is 25.8 Å². The van der Waals surface area contributed by atoms with Gasteiger partial charge in [-0.25, -0.2) is 57.4 Å². The average molecular weight is 1730 g/mol. The van der Waals surface area contributed by atoms with Gasteiger partial charge in [-0.1, -0.05) is 104 Å². The summed E-state index contributed by atoms with van der Waals surface area (Å²) in [6.45, 7) is 6.01. The molecule has 16 aromatic rings. The van der Waals surface area contributed by atoms with Crippen molar-refractivity contribution in [2.45, 2.75) is 6.42 Å². The van der Waals surface area contributed by atoms with E-state index in [9.17, 15) is 22.7 Å². The Morgan fingerprint density at radius 1 is 0.410 bits per heavy atom. The van der Waals surface area contributed by atoms with Crippen LogP contribution >= 0.6 is 91.8 Å². The van der Waals surface area contributed by atoms with E-state index >= 15 is 0 Å². The molecule has 0 aliphatic carbocycles. The molecule has 17 rings (SSSR count). The third kappa shape index (κ3) is 22.2. The molecule has 117 heavy (non-hydrogen) atoms. The SMILES string of the molecule is CN(C)CCc1ccc(Nc2nc3ncnc(Nc4ccc(F)c(Cl)c4)c3s2)cc1.COc1ccc(Nc2nc3ncnc(Nc4ccc(F)c(Cl)c4)c3s2)cc1.Fc1ccc(Nc2ncnc3nc(Nc4ccc(OCCN5CCOCC5)cc4)sc23)cc1Cl.Oc1ccc(Nc2nc3ncnc(Nc4ccc(F)c(Cl)c4)c3s2)cc1. The number of likely N-dealkylation sites (N-methyl/N-ethyl adjacent to an activating group) is 1. The Labute approximate surface area is 701 Å². The minimum Gasteiger partial charge on any atom is -0.508 e. The molecular formula is C79H66Cl4F4N22O4S4. The van der Waals surface area contributed by atoms with Crippen LogP contribution in [-0.4, -0.2) is 142 Å². The number of thiazole rings is 4. The molecule has 9 heterocycles. The van der Waals surface area contributed by atoms with Crippen LogP contribution in [0.3, 0.4) is 0 Å². The molecular weight excluding hydrogens is 1670 g/mol. The lowest BCUT2D eigenvalue weighted by Crippen LogP contribution is -2.38. The maximum absolute atomic E-state index is 13.4. The number of rotatable bonds is 24. The summed E-state index contributed by atoms with van der Waals surface area (Å²) >= 11 is 29.0. The van der Waals surface area contributed by atoms with Crippen LogP contribution in [0.2, 0.25) is 20.1 Å². The molecule has 26 nitrogen and oxygen atoms in total. The molecule has 8 aromatic heterocycles. The van der Waals surface area contributed by atoms with Crippen LogP contribution < -0.4 is 52.0 Å². The van der Waals surface area contributed by atoms with Gasteiger partial charge in [0.25, 0.3) is 0 Å². The zero-order chi connectivity index (χ0) is 81.3. The predicted molar refractivity (Wildman–Crippen MR) is 462 cm³/mol. The first-order valence-corrected chi connectivity index (χ1v) is 40.2. The van der Waals surface area contributed by atoms with Crippen molar-refractivity contribution in [2.24, 2.45) is 0 Å². The van der Waals surface area contributed by atoms with Crippen molar-refractivity contribution in [3.8, 4) is 17.2 Å². The van der Waals surface area contributed by atoms with Crippen molar-refractivity contribution in [3.63, 3.8) is 0 Å². The molecule has 0 atom stereocenters. The highest BCUT2D eigenvalue weighted by Crippen LogP contribution is 2.39. The zero-order valence-corrected chi connectivity index (χ0v) is 68.0. The number of morpholine rings is 1. The number of hydrogen-bond acceptors (Lipinski definition) is 30. The van der Waals surface area contributed by atoms with Crippen molar-refractivity contribution in [2.75, 3.05) is 110 Å². The molecule has 1 fully saturated rings. The first kappa shape index (κ1) is 81.8. The van der Waals surface area contributed by atoms with Crippen LogP contribution in [0.4, 0.5) is 107 Å². The van der Waals surface area contributed by atoms with Gasteiger partial charge in [-0.3, -0.25) is 4.90 Å². The molecule has 38 heteroatoms. The van der Waals surface area contributed by atoms with Crippen molar-refractivity contribution >= 4 is 222 Å². The van der Waals surface area contributed by atoms with Crippen LogP contribution in [0, 0.1) is 23.3 Å². The Kier molecular flexibility index (Phi) is 27.1. The maximum Gasteiger partial charge on any atom is 0.189 e. The summed E-state index contributed by atoms with van der Waals surface area (Å²) in [7, 11) is 5.76. The van der Waals surface area contributed by atoms with Crippen LogP contribution in [0.15, 0.2) is 195 Å². The number of hydrogen-bond donors (Lipinski definition) is 9. The van der Waals surface area contributed by atoms with Crippen LogP contribution in [0.25, 0.3) is 41.4 Å². The normalized spacial score (nSPS) is 11.9. The fourth-order valence-electron chi connectivity index (χ4n) is 11.0. The number of ether oxygens (including phenoxy) is 3. The number of anilines is 16. The second-order valence-corrected chi connectivity index (χ2v) is 31.1. The lowest BCUT2D eigenvalue weighted by Gasteiger charge is -2.26. The minimum atomic E-state index is -0.483. The number of phenolic OH excluding ortho intramolecular Hbond substituents is 1. The van der Waals surface area contributed by atoms with Crippen molar-refractivity contribution in [1.29, 1.82) is 0 Å². The summed E-state index contributed by atoms with van der Waals surface area (Å²) in [6, 6.07) is 47.8. The Balaban J connectivity index is 0.000000129. The van der Waals surface area contributed by atoms with Gasteiger partial charge in [-0.05, 0) is 184 Å². The summed E-state index contributed by atoms with van der Waals surface area (Å²) < 4.78 is 73.0. The number of methoxy groups -OCH3 is 1. The molecule has 0 spiro atoms. The Hall–Kier alpha value is -11.8. The summed E-state index contributed by atoms with van der Waals surface area (Å²) in [4.78, 5) is 56.5. The van der Waals surface area contributed by atoms with Crippen molar-refractivity contribution in [1.82, 2.24) is 69.6 Å². The third-order valence-electron chi connectivity index (χ3n) is 16.9. The Bertz CT molecular complexity index is 6090. The summed E-state index contributed by atoms with van der Waals surface area (Å²) in [5, 5.41) is 37.8. The number of nitrogens with zero attached hydrogens (tertiary/aromatic N) is 14. The number of aromatic hydroxyl groups is 1. The van der Waals surface area contributed by atoms with Gasteiger partial charge >= 0.3 is 0 Å². The highest BCUT2D eigenvalue weighted by molar-refractivity contribution is 7.24. The second kappa shape index (κ2) is 38.8. The largest absolute Gasteiger partial charge is 0.508 e. The van der Waals surface area contributed by atoms with E-state index in [4.69, 9.17) is 60.6 Å². The zero-order valence-electron chi connectivity index (χ0n) is 61.7. The van der Waals surface area contributed by atoms with Gasteiger partial charge in [0.15, 0.2) is 66.4 Å². The van der Waals surface area contributed by atoms with E-state index in [2.05, 4.69) is 138 Å². The molecule has 0 unspecified atom stereocenters. The third-order valence-corrected chi connectivity index (χ3v) is 21.9. The molecule has 0 saturated carbocycles. The topological polar surface area (TPSA) is 305 Å². The van der Waals surface area contributed by atoms with Gasteiger partial charge in [-0.15, -0.1) is 0 Å². The van der Waals surface area contributed by atoms with E-state index in [1.807, 2.05) is 60.7 Å². The number of fused-ring (bicyclic) bond motifs is 4. The van der Waals surface area contributed by atoms with Crippen LogP contribution in [0.5, 0.6) is 17.2 Å². The van der Waals surface area contributed by atoms with Gasteiger partial charge in [0.05, 0.1) is 40.4 Å². The molecule has 596 valence electrons. The number of halogens is 8. The summed E-state index contributed by atoms with van der Waals surface area (Å²) in [5.41, 5.74) is 9.50. The van der Waals surface area contributed by atoms with E-state index in [1.54, 1.807) is 55.6 Å². The first-order chi connectivity index (χ1) is 56.8. The number of aromatic nitrogens is 12. The average Bonchev–Trinajstić information content (AvgIpc) is 1.68. The van der Waals surface area contributed by atoms with Crippen molar-refractivity contribution in [3.05, 3.63) is 244 Å². The van der Waals surface area contributed by atoms with Crippen LogP contribution in [-0.2, 0) is 11.2 Å². The highest BCUT2D eigenvalue weighted by Gasteiger charge is 2.19. The van der Waals surface area contributed by atoms with E-state index in [0.717, 1.165) is 98.9 Å². The van der Waals surface area contributed by atoms with E-state index in [0.29, 0.717) is 95.7 Å². The smallest absolute Gasteiger partial charge is 0.189 e. The predicted octanol–water partition coefficient (Wildman–Crippen LogP) is 21.0. The summed E-state index contributed by atoms with van der Waals surface area (Å²) in [5.74, 6) is 2.17. The Morgan fingerprint density at radius 2 is 0.718 bits per heavy atom. The molecule has 9 N–H and O–H groups in total. The number of phenols is 1. The van der Waals surface area contributed by atoms with Gasteiger partial charge in [-0.2, -0.15) is 19.9 Å². The van der Waals surface area contributed by atoms with Gasteiger partial charge < -0.3 is 66.8 Å². The minimum absolute atomic E-state index is 0.0271. The molecule has 1 aliphatic rings. The fraction of sp³-hybridized carbons (Fsp3) is 0.139. The molecule has 8 aromatic carbocycles. The van der Waals surface area contributed by atoms with Crippen LogP contribution in [0.1, 0.15) is 5.56 Å². The molecule has 1 saturated heterocycles. The van der Waals surface area contributed by atoms with E-state index in [1.165, 1.54) is 125 Å². The molecule has 0 amide bonds. The number of nitrogens with one attached hydrogen (secondary N) is 8. The van der Waals surface area contributed by atoms with E-state index < -0.39 is 23.3 Å². The van der Waals surface area contributed by atoms with Crippen molar-refractivity contribution < 1.29 is 36.9 Å². The monoisotopic (exact) mass is 1730 g/mol. The fourth-order valence-corrected chi connectivity index (χ4v) is 15.3. The van der Waals surface area contributed by atoms with Gasteiger partial charge in [0.2, 0.25) is 0 Å². The van der Waals surface area contributed by atoms with Gasteiger partial charge in [0.1, 0.15) is 91.2 Å². The lowest BCUT2D eigenvalue weighted by atomic mass is 10.1. The Morgan fingerprint density at radius 3 is 1.03 bits per heavy atom. The molecule has 0 bridgehead atoms. The quantitative estimate of drug-likeness (QED) is 0.0201. The molecule has 1 aliphatic heterocycles. The molecule has 0 radical (unpaired) electrons. The second-order valence-electron chi connectivity index (χ2n) is 25.4. The van der Waals surface area contributed by atoms with Gasteiger partial charge in [0, 0.05) is 71.7 Å². The summed E-state index contributed by atoms with van der Waals surface area (Å²) in [6.07, 6.45) is 6.71.